The highest BCUT2D eigenvalue weighted by atomic mass is 16.5. The summed E-state index contributed by atoms with van der Waals surface area (Å²) in [5.41, 5.74) is 1.09. The largest absolute Gasteiger partial charge is 0.497 e. The molecule has 0 unspecified atom stereocenters. The maximum absolute atomic E-state index is 12.1. The normalized spacial score (nSPS) is 11.5. The molecule has 25 heavy (non-hydrogen) atoms. The zero-order valence-electron chi connectivity index (χ0n) is 15.0. The summed E-state index contributed by atoms with van der Waals surface area (Å²) in [6, 6.07) is 15.1. The van der Waals surface area contributed by atoms with Gasteiger partial charge in [-0.1, -0.05) is 25.1 Å². The van der Waals surface area contributed by atoms with Gasteiger partial charge >= 0.3 is 0 Å². The lowest BCUT2D eigenvalue weighted by atomic mass is 10.1. The van der Waals surface area contributed by atoms with Crippen LogP contribution >= 0.6 is 0 Å². The molecule has 1 N–H and O–H groups in total. The Morgan fingerprint density at radius 1 is 1.08 bits per heavy atom. The minimum atomic E-state index is -0.561. The number of carbonyl (C=O) groups is 1. The molecule has 0 aliphatic heterocycles. The van der Waals surface area contributed by atoms with E-state index >= 15 is 0 Å². The third kappa shape index (κ3) is 5.71. The van der Waals surface area contributed by atoms with E-state index in [9.17, 15) is 4.79 Å². The first-order valence-corrected chi connectivity index (χ1v) is 8.43. The molecule has 1 atom stereocenters. The number of para-hydroxylation sites is 1. The van der Waals surface area contributed by atoms with Crippen molar-refractivity contribution in [1.82, 2.24) is 5.32 Å². The fourth-order valence-electron chi connectivity index (χ4n) is 2.31. The third-order valence-electron chi connectivity index (χ3n) is 3.76. The smallest absolute Gasteiger partial charge is 0.260 e. The predicted octanol–water partition coefficient (Wildman–Crippen LogP) is 3.22. The average molecular weight is 343 g/mol. The maximum atomic E-state index is 12.1. The lowest BCUT2D eigenvalue weighted by molar-refractivity contribution is -0.127. The van der Waals surface area contributed by atoms with Crippen molar-refractivity contribution in [3.8, 4) is 17.2 Å². The molecule has 5 nitrogen and oxygen atoms in total. The highest BCUT2D eigenvalue weighted by Gasteiger charge is 2.15. The fourth-order valence-corrected chi connectivity index (χ4v) is 2.31. The Morgan fingerprint density at radius 2 is 1.76 bits per heavy atom. The van der Waals surface area contributed by atoms with Crippen LogP contribution in [-0.4, -0.2) is 32.3 Å². The van der Waals surface area contributed by atoms with Crippen molar-refractivity contribution in [3.63, 3.8) is 0 Å². The molecule has 134 valence electrons. The van der Waals surface area contributed by atoms with Gasteiger partial charge in [0.05, 0.1) is 13.7 Å². The molecule has 2 aromatic carbocycles. The topological polar surface area (TPSA) is 56.8 Å². The molecule has 0 saturated carbocycles. The second-order valence-electron chi connectivity index (χ2n) is 5.54. The number of hydrogen-bond donors (Lipinski definition) is 1. The van der Waals surface area contributed by atoms with Crippen LogP contribution < -0.4 is 19.5 Å². The van der Waals surface area contributed by atoms with Gasteiger partial charge in [0, 0.05) is 0 Å². The van der Waals surface area contributed by atoms with E-state index in [2.05, 4.69) is 12.2 Å². The van der Waals surface area contributed by atoms with Gasteiger partial charge in [0.1, 0.15) is 23.9 Å². The van der Waals surface area contributed by atoms with Crippen LogP contribution in [0.4, 0.5) is 0 Å². The summed E-state index contributed by atoms with van der Waals surface area (Å²) >= 11 is 0. The van der Waals surface area contributed by atoms with E-state index in [1.807, 2.05) is 48.5 Å². The van der Waals surface area contributed by atoms with E-state index in [0.717, 1.165) is 29.2 Å². The molecule has 0 bridgehead atoms. The van der Waals surface area contributed by atoms with Crippen LogP contribution in [0.15, 0.2) is 48.5 Å². The Labute approximate surface area is 148 Å². The highest BCUT2D eigenvalue weighted by molar-refractivity contribution is 5.80. The second kappa shape index (κ2) is 9.57. The SMILES string of the molecule is CCc1ccccc1O[C@@H](C)C(=O)NCCOc1ccc(OC)cc1. The van der Waals surface area contributed by atoms with Crippen LogP contribution in [0, 0.1) is 0 Å². The maximum Gasteiger partial charge on any atom is 0.260 e. The van der Waals surface area contributed by atoms with Crippen LogP contribution in [-0.2, 0) is 11.2 Å². The molecular weight excluding hydrogens is 318 g/mol. The molecule has 5 heteroatoms. The first-order chi connectivity index (χ1) is 12.1. The average Bonchev–Trinajstić information content (AvgIpc) is 2.65. The number of methoxy groups -OCH3 is 1. The summed E-state index contributed by atoms with van der Waals surface area (Å²) in [6.07, 6.45) is 0.300. The molecule has 0 saturated heterocycles. The first-order valence-electron chi connectivity index (χ1n) is 8.43. The van der Waals surface area contributed by atoms with Crippen molar-refractivity contribution >= 4 is 5.91 Å². The fraction of sp³-hybridized carbons (Fsp3) is 0.350. The second-order valence-corrected chi connectivity index (χ2v) is 5.54. The molecular formula is C20H25NO4. The first kappa shape index (κ1) is 18.6. The lowest BCUT2D eigenvalue weighted by Gasteiger charge is -2.17. The molecule has 2 rings (SSSR count). The Kier molecular flexibility index (Phi) is 7.14. The summed E-state index contributed by atoms with van der Waals surface area (Å²) in [6.45, 7) is 4.60. The Hall–Kier alpha value is -2.69. The minimum absolute atomic E-state index is 0.163. The summed E-state index contributed by atoms with van der Waals surface area (Å²) in [5, 5.41) is 2.82. The van der Waals surface area contributed by atoms with E-state index in [-0.39, 0.29) is 5.91 Å². The van der Waals surface area contributed by atoms with Gasteiger partial charge < -0.3 is 19.5 Å². The van der Waals surface area contributed by atoms with Crippen molar-refractivity contribution in [2.75, 3.05) is 20.3 Å². The van der Waals surface area contributed by atoms with Crippen molar-refractivity contribution < 1.29 is 19.0 Å². The molecule has 2 aromatic rings. The van der Waals surface area contributed by atoms with Crippen LogP contribution in [0.3, 0.4) is 0 Å². The van der Waals surface area contributed by atoms with Gasteiger partial charge in [0.25, 0.3) is 5.91 Å². The number of rotatable bonds is 9. The molecule has 1 amide bonds. The summed E-state index contributed by atoms with van der Waals surface area (Å²) in [7, 11) is 1.62. The number of benzene rings is 2. The number of nitrogens with one attached hydrogen (secondary N) is 1. The predicted molar refractivity (Wildman–Crippen MR) is 97.4 cm³/mol. The van der Waals surface area contributed by atoms with Gasteiger partial charge in [-0.2, -0.15) is 0 Å². The van der Waals surface area contributed by atoms with Gasteiger partial charge in [0.15, 0.2) is 6.10 Å². The lowest BCUT2D eigenvalue weighted by Crippen LogP contribution is -2.38. The standard InChI is InChI=1S/C20H25NO4/c1-4-16-7-5-6-8-19(16)25-15(2)20(22)21-13-14-24-18-11-9-17(23-3)10-12-18/h5-12,15H,4,13-14H2,1-3H3,(H,21,22)/t15-/m0/s1. The zero-order valence-corrected chi connectivity index (χ0v) is 15.0. The van der Waals surface area contributed by atoms with Crippen molar-refractivity contribution in [1.29, 1.82) is 0 Å². The Balaban J connectivity index is 1.73. The molecule has 0 aliphatic carbocycles. The van der Waals surface area contributed by atoms with Gasteiger partial charge in [-0.15, -0.1) is 0 Å². The van der Waals surface area contributed by atoms with Gasteiger partial charge in [-0.25, -0.2) is 0 Å². The van der Waals surface area contributed by atoms with Gasteiger partial charge in [-0.05, 0) is 49.2 Å². The minimum Gasteiger partial charge on any atom is -0.497 e. The highest BCUT2D eigenvalue weighted by Crippen LogP contribution is 2.20. The van der Waals surface area contributed by atoms with Crippen LogP contribution in [0.25, 0.3) is 0 Å². The number of ether oxygens (including phenoxy) is 3. The number of carbonyl (C=O) groups excluding carboxylic acids is 1. The van der Waals surface area contributed by atoms with Crippen molar-refractivity contribution in [2.45, 2.75) is 26.4 Å². The van der Waals surface area contributed by atoms with Gasteiger partial charge in [0.2, 0.25) is 0 Å². The monoisotopic (exact) mass is 343 g/mol. The number of aryl methyl sites for hydroxylation is 1. The zero-order chi connectivity index (χ0) is 18.1. The number of hydrogen-bond acceptors (Lipinski definition) is 4. The van der Waals surface area contributed by atoms with Crippen LogP contribution in [0.1, 0.15) is 19.4 Å². The third-order valence-corrected chi connectivity index (χ3v) is 3.76. The summed E-state index contributed by atoms with van der Waals surface area (Å²) in [5.74, 6) is 2.10. The molecule has 0 fully saturated rings. The van der Waals surface area contributed by atoms with Crippen molar-refractivity contribution in [3.05, 3.63) is 54.1 Å². The van der Waals surface area contributed by atoms with E-state index in [0.29, 0.717) is 13.2 Å². The van der Waals surface area contributed by atoms with Gasteiger partial charge in [-0.3, -0.25) is 4.79 Å². The van der Waals surface area contributed by atoms with E-state index in [1.165, 1.54) is 0 Å². The van der Waals surface area contributed by atoms with E-state index in [4.69, 9.17) is 14.2 Å². The Morgan fingerprint density at radius 3 is 2.44 bits per heavy atom. The summed E-state index contributed by atoms with van der Waals surface area (Å²) < 4.78 is 16.4. The van der Waals surface area contributed by atoms with Crippen molar-refractivity contribution in [2.24, 2.45) is 0 Å². The summed E-state index contributed by atoms with van der Waals surface area (Å²) in [4.78, 5) is 12.1. The quantitative estimate of drug-likeness (QED) is 0.710. The van der Waals surface area contributed by atoms with Crippen LogP contribution in [0.2, 0.25) is 0 Å². The molecule has 0 heterocycles. The van der Waals surface area contributed by atoms with E-state index in [1.54, 1.807) is 14.0 Å². The molecule has 0 aliphatic rings. The number of amides is 1. The van der Waals surface area contributed by atoms with Crippen LogP contribution in [0.5, 0.6) is 17.2 Å². The van der Waals surface area contributed by atoms with E-state index < -0.39 is 6.10 Å². The molecule has 0 radical (unpaired) electrons. The molecule has 0 aromatic heterocycles. The Bertz CT molecular complexity index is 670. The molecule has 0 spiro atoms.